The van der Waals surface area contributed by atoms with Gasteiger partial charge in [-0.3, -0.25) is 19.8 Å². The molecule has 0 radical (unpaired) electrons. The van der Waals surface area contributed by atoms with Crippen molar-refractivity contribution in [3.8, 4) is 6.07 Å². The summed E-state index contributed by atoms with van der Waals surface area (Å²) in [6.45, 7) is 3.93. The Balaban J connectivity index is 1.66. The summed E-state index contributed by atoms with van der Waals surface area (Å²) in [5.41, 5.74) is 11.8. The summed E-state index contributed by atoms with van der Waals surface area (Å²) in [6, 6.07) is 16.7. The van der Waals surface area contributed by atoms with Gasteiger partial charge in [0.15, 0.2) is 5.78 Å². The van der Waals surface area contributed by atoms with Crippen molar-refractivity contribution in [2.24, 2.45) is 5.73 Å². The normalized spacial score (nSPS) is 17.0. The molecule has 0 aromatic heterocycles. The van der Waals surface area contributed by atoms with Gasteiger partial charge in [0.25, 0.3) is 5.69 Å². The zero-order valence-electron chi connectivity index (χ0n) is 22.4. The minimum Gasteiger partial charge on any atom is -0.384 e. The van der Waals surface area contributed by atoms with Gasteiger partial charge in [0.2, 0.25) is 0 Å². The van der Waals surface area contributed by atoms with E-state index in [2.05, 4.69) is 12.1 Å². The summed E-state index contributed by atoms with van der Waals surface area (Å²) in [5.74, 6) is -0.376. The van der Waals surface area contributed by atoms with E-state index in [9.17, 15) is 24.6 Å². The lowest BCUT2D eigenvalue weighted by atomic mass is 9.73. The number of benzene rings is 3. The van der Waals surface area contributed by atoms with Gasteiger partial charge in [0.1, 0.15) is 11.6 Å². The fraction of sp³-hybridized carbons (Fsp3) is 0.226. The number of anilines is 1. The zero-order chi connectivity index (χ0) is 29.4. The van der Waals surface area contributed by atoms with E-state index < -0.39 is 10.8 Å². The fourth-order valence-corrected chi connectivity index (χ4v) is 6.72. The summed E-state index contributed by atoms with van der Waals surface area (Å²) in [6.07, 6.45) is 1.39. The minimum absolute atomic E-state index is 0.0915. The second-order valence-corrected chi connectivity index (χ2v) is 11.5. The molecule has 1 aliphatic carbocycles. The Morgan fingerprint density at radius 1 is 1.17 bits per heavy atom. The molecule has 10 heteroatoms. The summed E-state index contributed by atoms with van der Waals surface area (Å²) >= 11 is 8.08. The number of thioether (sulfide) groups is 1. The third kappa shape index (κ3) is 5.33. The number of nitrogens with zero attached hydrogens (tertiary/aromatic N) is 3. The van der Waals surface area contributed by atoms with E-state index in [1.165, 1.54) is 30.3 Å². The highest BCUT2D eigenvalue weighted by molar-refractivity contribution is 7.98. The molecule has 1 heterocycles. The van der Waals surface area contributed by atoms with Crippen LogP contribution in [-0.2, 0) is 10.5 Å². The number of hydrogen-bond donors (Lipinski definition) is 1. The van der Waals surface area contributed by atoms with Gasteiger partial charge < -0.3 is 5.73 Å². The number of allylic oxidation sites excluding steroid dienone is 3. The molecule has 0 bridgehead atoms. The third-order valence-electron chi connectivity index (χ3n) is 7.51. The maximum atomic E-state index is 13.6. The van der Waals surface area contributed by atoms with Gasteiger partial charge in [-0.15, -0.1) is 11.8 Å². The van der Waals surface area contributed by atoms with Crippen LogP contribution in [0.3, 0.4) is 0 Å². The van der Waals surface area contributed by atoms with Crippen LogP contribution in [0, 0.1) is 41.1 Å². The molecule has 3 aromatic carbocycles. The molecule has 1 unspecified atom stereocenters. The van der Waals surface area contributed by atoms with Gasteiger partial charge in [-0.2, -0.15) is 5.26 Å². The van der Waals surface area contributed by atoms with Gasteiger partial charge in [-0.05, 0) is 73.7 Å². The first-order chi connectivity index (χ1) is 19.6. The van der Waals surface area contributed by atoms with Crippen LogP contribution in [-0.4, -0.2) is 10.7 Å². The van der Waals surface area contributed by atoms with Crippen LogP contribution in [0.1, 0.15) is 47.4 Å². The highest BCUT2D eigenvalue weighted by Gasteiger charge is 2.41. The predicted octanol–water partition coefficient (Wildman–Crippen LogP) is 7.60. The topological polar surface area (TPSA) is 113 Å². The van der Waals surface area contributed by atoms with Crippen LogP contribution in [0.4, 0.5) is 15.8 Å². The average molecular weight is 589 g/mol. The Kier molecular flexibility index (Phi) is 7.89. The van der Waals surface area contributed by atoms with Gasteiger partial charge in [0.05, 0.1) is 33.2 Å². The fourth-order valence-electron chi connectivity index (χ4n) is 5.56. The first-order valence-corrected chi connectivity index (χ1v) is 14.4. The van der Waals surface area contributed by atoms with Gasteiger partial charge in [-0.25, -0.2) is 4.39 Å². The first kappa shape index (κ1) is 28.4. The van der Waals surface area contributed by atoms with E-state index in [-0.39, 0.29) is 39.4 Å². The van der Waals surface area contributed by atoms with E-state index in [1.807, 2.05) is 19.9 Å². The average Bonchev–Trinajstić information content (AvgIpc) is 2.94. The Hall–Kier alpha value is -4.13. The second-order valence-electron chi connectivity index (χ2n) is 10.1. The molecule has 7 nitrogen and oxygen atoms in total. The number of rotatable bonds is 6. The van der Waals surface area contributed by atoms with E-state index in [0.717, 1.165) is 27.1 Å². The molecule has 1 atom stereocenters. The molecule has 0 fully saturated rings. The minimum atomic E-state index is -0.689. The lowest BCUT2D eigenvalue weighted by Crippen LogP contribution is -2.39. The molecule has 2 aliphatic rings. The number of carbonyl (C=O) groups is 1. The van der Waals surface area contributed by atoms with Crippen LogP contribution in [0.2, 0.25) is 5.02 Å². The van der Waals surface area contributed by atoms with E-state index in [1.54, 1.807) is 28.8 Å². The number of aryl methyl sites for hydroxylation is 1. The first-order valence-electron chi connectivity index (χ1n) is 13.0. The van der Waals surface area contributed by atoms with Gasteiger partial charge in [-0.1, -0.05) is 29.3 Å². The van der Waals surface area contributed by atoms with E-state index >= 15 is 0 Å². The van der Waals surface area contributed by atoms with Crippen molar-refractivity contribution in [2.45, 2.75) is 49.7 Å². The molecule has 41 heavy (non-hydrogen) atoms. The Labute approximate surface area is 246 Å². The molecular formula is C31H26ClFN4O3S. The molecule has 0 spiro atoms. The standard InChI is InChI=1S/C31H26ClFN4O3S/c1-17-12-19(16-41-22-9-6-20(33)7-10-22)18(2)23(13-17)29-24(15-34)31(35)36(26-4-3-5-28(38)30(26)29)27-14-21(37(39)40)8-11-25(27)32/h6-14,29H,3-5,16,35H2,1-2H3. The van der Waals surface area contributed by atoms with Crippen molar-refractivity contribution in [3.63, 3.8) is 0 Å². The zero-order valence-corrected chi connectivity index (χ0v) is 24.0. The molecule has 0 saturated heterocycles. The van der Waals surface area contributed by atoms with Crippen LogP contribution < -0.4 is 10.6 Å². The number of hydrogen-bond acceptors (Lipinski definition) is 7. The number of ketones is 1. The quantitative estimate of drug-likeness (QED) is 0.179. The molecule has 2 N–H and O–H groups in total. The van der Waals surface area contributed by atoms with E-state index in [0.29, 0.717) is 36.3 Å². The number of non-ortho nitro benzene ring substituents is 1. The summed E-state index contributed by atoms with van der Waals surface area (Å²) in [4.78, 5) is 27.1. The van der Waals surface area contributed by atoms with Gasteiger partial charge >= 0.3 is 0 Å². The number of halogens is 2. The molecule has 3 aromatic rings. The highest BCUT2D eigenvalue weighted by atomic mass is 35.5. The van der Waals surface area contributed by atoms with Crippen LogP contribution >= 0.6 is 23.4 Å². The summed E-state index contributed by atoms with van der Waals surface area (Å²) in [5, 5.41) is 22.2. The molecule has 0 saturated carbocycles. The SMILES string of the molecule is Cc1cc(CSc2ccc(F)cc2)c(C)c(C2C(C#N)=C(N)N(c3cc([N+](=O)[O-])ccc3Cl)C3=C2C(=O)CCC3)c1. The Morgan fingerprint density at radius 3 is 2.59 bits per heavy atom. The Bertz CT molecular complexity index is 1690. The van der Waals surface area contributed by atoms with E-state index in [4.69, 9.17) is 17.3 Å². The number of carbonyl (C=O) groups excluding carboxylic acids is 1. The molecule has 0 amide bonds. The van der Waals surface area contributed by atoms with Crippen molar-refractivity contribution in [1.82, 2.24) is 0 Å². The smallest absolute Gasteiger partial charge is 0.271 e. The third-order valence-corrected chi connectivity index (χ3v) is 8.89. The predicted molar refractivity (Wildman–Crippen MR) is 158 cm³/mol. The molecule has 1 aliphatic heterocycles. The number of nitriles is 1. The largest absolute Gasteiger partial charge is 0.384 e. The number of nitrogens with two attached hydrogens (primary N) is 1. The summed E-state index contributed by atoms with van der Waals surface area (Å²) < 4.78 is 13.4. The van der Waals surface area contributed by atoms with Crippen molar-refractivity contribution in [2.75, 3.05) is 4.90 Å². The van der Waals surface area contributed by atoms with Crippen LogP contribution in [0.15, 0.2) is 82.2 Å². The van der Waals surface area contributed by atoms with Crippen molar-refractivity contribution in [1.29, 1.82) is 5.26 Å². The highest BCUT2D eigenvalue weighted by Crippen LogP contribution is 2.49. The lowest BCUT2D eigenvalue weighted by molar-refractivity contribution is -0.384. The molecular weight excluding hydrogens is 563 g/mol. The lowest BCUT2D eigenvalue weighted by Gasteiger charge is -2.40. The second kappa shape index (κ2) is 11.4. The maximum Gasteiger partial charge on any atom is 0.271 e. The van der Waals surface area contributed by atoms with Crippen molar-refractivity contribution in [3.05, 3.63) is 120 Å². The summed E-state index contributed by atoms with van der Waals surface area (Å²) in [7, 11) is 0. The van der Waals surface area contributed by atoms with Gasteiger partial charge in [0, 0.05) is 40.5 Å². The number of nitro benzene ring substituents is 1. The van der Waals surface area contributed by atoms with Crippen LogP contribution in [0.25, 0.3) is 0 Å². The monoisotopic (exact) mass is 588 g/mol. The number of Topliss-reactive ketones (excluding diaryl/α,β-unsaturated/α-hetero) is 1. The van der Waals surface area contributed by atoms with Crippen molar-refractivity contribution < 1.29 is 14.1 Å². The maximum absolute atomic E-state index is 13.6. The Morgan fingerprint density at radius 2 is 1.90 bits per heavy atom. The number of nitro groups is 1. The van der Waals surface area contributed by atoms with Crippen LogP contribution in [0.5, 0.6) is 0 Å². The molecule has 5 rings (SSSR count). The molecule has 208 valence electrons. The van der Waals surface area contributed by atoms with Crippen molar-refractivity contribution >= 4 is 40.5 Å².